The van der Waals surface area contributed by atoms with E-state index in [0.717, 1.165) is 26.2 Å². The Morgan fingerprint density at radius 2 is 1.94 bits per heavy atom. The zero-order valence-electron chi connectivity index (χ0n) is 10.8. The number of piperazine rings is 1. The summed E-state index contributed by atoms with van der Waals surface area (Å²) in [6, 6.07) is 10.5. The van der Waals surface area contributed by atoms with Crippen LogP contribution in [0.2, 0.25) is 0 Å². The van der Waals surface area contributed by atoms with Crippen LogP contribution in [0, 0.1) is 0 Å². The minimum atomic E-state index is -0.104. The molecule has 2 rings (SSSR count). The van der Waals surface area contributed by atoms with Gasteiger partial charge < -0.3 is 5.11 Å². The van der Waals surface area contributed by atoms with Gasteiger partial charge in [-0.1, -0.05) is 30.3 Å². The fourth-order valence-corrected chi connectivity index (χ4v) is 2.39. The van der Waals surface area contributed by atoms with Crippen LogP contribution in [0.15, 0.2) is 30.3 Å². The van der Waals surface area contributed by atoms with E-state index in [2.05, 4.69) is 48.0 Å². The van der Waals surface area contributed by atoms with Crippen molar-refractivity contribution in [2.45, 2.75) is 19.0 Å². The van der Waals surface area contributed by atoms with Crippen LogP contribution < -0.4 is 0 Å². The lowest BCUT2D eigenvalue weighted by atomic mass is 9.97. The van der Waals surface area contributed by atoms with Crippen molar-refractivity contribution >= 4 is 0 Å². The number of rotatable bonds is 3. The van der Waals surface area contributed by atoms with Crippen LogP contribution in [0.5, 0.6) is 0 Å². The van der Waals surface area contributed by atoms with E-state index in [1.54, 1.807) is 0 Å². The molecule has 0 bridgehead atoms. The normalized spacial score (nSPS) is 27.2. The van der Waals surface area contributed by atoms with Gasteiger partial charge in [0.2, 0.25) is 0 Å². The summed E-state index contributed by atoms with van der Waals surface area (Å²) >= 11 is 0. The Bertz CT molecular complexity index is 354. The maximum absolute atomic E-state index is 9.54. The van der Waals surface area contributed by atoms with Gasteiger partial charge >= 0.3 is 0 Å². The molecule has 1 N–H and O–H groups in total. The Morgan fingerprint density at radius 1 is 1.24 bits per heavy atom. The molecule has 0 saturated carbocycles. The zero-order chi connectivity index (χ0) is 12.3. The van der Waals surface area contributed by atoms with Gasteiger partial charge in [0.05, 0.1) is 12.1 Å². The second kappa shape index (κ2) is 5.17. The van der Waals surface area contributed by atoms with E-state index in [9.17, 15) is 5.11 Å². The van der Waals surface area contributed by atoms with E-state index in [-0.39, 0.29) is 12.1 Å². The minimum Gasteiger partial charge on any atom is -0.394 e. The van der Waals surface area contributed by atoms with E-state index in [1.807, 2.05) is 6.07 Å². The summed E-state index contributed by atoms with van der Waals surface area (Å²) in [6.07, 6.45) is 0. The molecule has 3 nitrogen and oxygen atoms in total. The molecule has 1 saturated heterocycles. The Hall–Kier alpha value is -0.900. The minimum absolute atomic E-state index is 0.104. The standard InChI is InChI=1S/C14H22N2O/c1-14(12-17)11-16(9-8-15(14)2)10-13-6-4-3-5-7-13/h3-7,17H,8-12H2,1-2H3. The van der Waals surface area contributed by atoms with Crippen LogP contribution in [0.4, 0.5) is 0 Å². The highest BCUT2D eigenvalue weighted by atomic mass is 16.3. The molecule has 94 valence electrons. The molecule has 3 heteroatoms. The summed E-state index contributed by atoms with van der Waals surface area (Å²) in [4.78, 5) is 4.68. The van der Waals surface area contributed by atoms with E-state index in [0.29, 0.717) is 0 Å². The van der Waals surface area contributed by atoms with Gasteiger partial charge in [0.25, 0.3) is 0 Å². The molecule has 0 spiro atoms. The molecule has 0 amide bonds. The molecule has 1 heterocycles. The van der Waals surface area contributed by atoms with Crippen LogP contribution in [0.25, 0.3) is 0 Å². The van der Waals surface area contributed by atoms with Crippen LogP contribution in [-0.4, -0.2) is 53.7 Å². The van der Waals surface area contributed by atoms with Crippen molar-refractivity contribution in [1.29, 1.82) is 0 Å². The fourth-order valence-electron chi connectivity index (χ4n) is 2.39. The third-order valence-electron chi connectivity index (χ3n) is 3.83. The van der Waals surface area contributed by atoms with Crippen molar-refractivity contribution in [1.82, 2.24) is 9.80 Å². The quantitative estimate of drug-likeness (QED) is 0.851. The number of hydrogen-bond donors (Lipinski definition) is 1. The Balaban J connectivity index is 2.00. The number of likely N-dealkylation sites (N-methyl/N-ethyl adjacent to an activating group) is 1. The maximum atomic E-state index is 9.54. The first-order chi connectivity index (χ1) is 8.14. The molecule has 1 aromatic carbocycles. The van der Waals surface area contributed by atoms with Crippen molar-refractivity contribution in [3.05, 3.63) is 35.9 Å². The van der Waals surface area contributed by atoms with Gasteiger partial charge in [-0.2, -0.15) is 0 Å². The van der Waals surface area contributed by atoms with Crippen molar-refractivity contribution in [3.63, 3.8) is 0 Å². The Morgan fingerprint density at radius 3 is 2.59 bits per heavy atom. The van der Waals surface area contributed by atoms with E-state index in [4.69, 9.17) is 0 Å². The number of aliphatic hydroxyl groups is 1. The smallest absolute Gasteiger partial charge is 0.0625 e. The molecule has 17 heavy (non-hydrogen) atoms. The summed E-state index contributed by atoms with van der Waals surface area (Å²) in [6.45, 7) is 6.34. The van der Waals surface area contributed by atoms with Gasteiger partial charge in [0.1, 0.15) is 0 Å². The molecule has 1 unspecified atom stereocenters. The van der Waals surface area contributed by atoms with Crippen LogP contribution in [-0.2, 0) is 6.54 Å². The molecule has 1 atom stereocenters. The highest BCUT2D eigenvalue weighted by Crippen LogP contribution is 2.20. The fraction of sp³-hybridized carbons (Fsp3) is 0.571. The summed E-state index contributed by atoms with van der Waals surface area (Å²) < 4.78 is 0. The summed E-state index contributed by atoms with van der Waals surface area (Å²) in [7, 11) is 2.09. The molecule has 0 radical (unpaired) electrons. The van der Waals surface area contributed by atoms with Gasteiger partial charge in [0.15, 0.2) is 0 Å². The lowest BCUT2D eigenvalue weighted by Gasteiger charge is -2.46. The first-order valence-electron chi connectivity index (χ1n) is 6.22. The average molecular weight is 234 g/mol. The van der Waals surface area contributed by atoms with Crippen LogP contribution in [0.1, 0.15) is 12.5 Å². The van der Waals surface area contributed by atoms with Gasteiger partial charge in [0, 0.05) is 26.2 Å². The molecule has 1 aromatic rings. The van der Waals surface area contributed by atoms with Gasteiger partial charge in [-0.3, -0.25) is 9.80 Å². The molecular weight excluding hydrogens is 212 g/mol. The summed E-state index contributed by atoms with van der Waals surface area (Å²) in [5, 5.41) is 9.54. The number of nitrogens with zero attached hydrogens (tertiary/aromatic N) is 2. The van der Waals surface area contributed by atoms with Gasteiger partial charge in [-0.25, -0.2) is 0 Å². The largest absolute Gasteiger partial charge is 0.394 e. The van der Waals surface area contributed by atoms with Crippen molar-refractivity contribution in [2.24, 2.45) is 0 Å². The monoisotopic (exact) mass is 234 g/mol. The van der Waals surface area contributed by atoms with Crippen molar-refractivity contribution in [3.8, 4) is 0 Å². The summed E-state index contributed by atoms with van der Waals surface area (Å²) in [5.74, 6) is 0. The van der Waals surface area contributed by atoms with Crippen LogP contribution >= 0.6 is 0 Å². The van der Waals surface area contributed by atoms with E-state index < -0.39 is 0 Å². The second-order valence-electron chi connectivity index (χ2n) is 5.27. The lowest BCUT2D eigenvalue weighted by molar-refractivity contribution is -0.0128. The van der Waals surface area contributed by atoms with Crippen LogP contribution in [0.3, 0.4) is 0 Å². The number of hydrogen-bond acceptors (Lipinski definition) is 3. The molecule has 0 aromatic heterocycles. The molecule has 1 aliphatic heterocycles. The first-order valence-corrected chi connectivity index (χ1v) is 6.22. The maximum Gasteiger partial charge on any atom is 0.0625 e. The first kappa shape index (κ1) is 12.6. The average Bonchev–Trinajstić information content (AvgIpc) is 2.35. The third kappa shape index (κ3) is 2.86. The molecule has 1 aliphatic rings. The predicted molar refractivity (Wildman–Crippen MR) is 69.8 cm³/mol. The Labute approximate surface area is 104 Å². The van der Waals surface area contributed by atoms with E-state index in [1.165, 1.54) is 5.56 Å². The number of aliphatic hydroxyl groups excluding tert-OH is 1. The van der Waals surface area contributed by atoms with Gasteiger partial charge in [-0.05, 0) is 19.5 Å². The molecule has 1 fully saturated rings. The molecular formula is C14H22N2O. The summed E-state index contributed by atoms with van der Waals surface area (Å²) in [5.41, 5.74) is 1.24. The van der Waals surface area contributed by atoms with Crippen molar-refractivity contribution < 1.29 is 5.11 Å². The number of benzene rings is 1. The Kier molecular flexibility index (Phi) is 3.82. The zero-order valence-corrected chi connectivity index (χ0v) is 10.8. The highest BCUT2D eigenvalue weighted by Gasteiger charge is 2.34. The molecule has 0 aliphatic carbocycles. The third-order valence-corrected chi connectivity index (χ3v) is 3.83. The second-order valence-corrected chi connectivity index (χ2v) is 5.27. The van der Waals surface area contributed by atoms with Crippen molar-refractivity contribution in [2.75, 3.05) is 33.3 Å². The highest BCUT2D eigenvalue weighted by molar-refractivity contribution is 5.14. The van der Waals surface area contributed by atoms with Gasteiger partial charge in [-0.15, -0.1) is 0 Å². The van der Waals surface area contributed by atoms with E-state index >= 15 is 0 Å². The SMILES string of the molecule is CN1CCN(Cc2ccccc2)CC1(C)CO. The topological polar surface area (TPSA) is 26.7 Å². The predicted octanol–water partition coefficient (Wildman–Crippen LogP) is 1.18. The lowest BCUT2D eigenvalue weighted by Crippen LogP contribution is -2.60.